The quantitative estimate of drug-likeness (QED) is 0.468. The Morgan fingerprint density at radius 1 is 1.42 bits per heavy atom. The number of rotatable bonds is 3. The first kappa shape index (κ1) is 9.43. The summed E-state index contributed by atoms with van der Waals surface area (Å²) in [5.74, 6) is 0. The van der Waals surface area contributed by atoms with Gasteiger partial charge in [-0.1, -0.05) is 12.8 Å². The van der Waals surface area contributed by atoms with Crippen LogP contribution in [-0.2, 0) is 4.79 Å². The maximum Gasteiger partial charge on any atom is 0.235 e. The third-order valence-corrected chi connectivity index (χ3v) is 2.92. The molecule has 1 rings (SSSR count). The predicted molar refractivity (Wildman–Crippen MR) is 47.9 cm³/mol. The van der Waals surface area contributed by atoms with Crippen molar-refractivity contribution in [1.29, 1.82) is 0 Å². The van der Waals surface area contributed by atoms with Gasteiger partial charge in [0.25, 0.3) is 0 Å². The molecule has 1 aliphatic carbocycles. The molecule has 0 heterocycles. The molecule has 0 aromatic heterocycles. The molecule has 0 atom stereocenters. The highest BCUT2D eigenvalue weighted by Gasteiger charge is 2.35. The van der Waals surface area contributed by atoms with Gasteiger partial charge >= 0.3 is 0 Å². The number of hydrogen-bond donors (Lipinski definition) is 0. The number of aliphatic imine (C=N–C) groups is 1. The fourth-order valence-corrected chi connectivity index (χ4v) is 1.96. The minimum absolute atomic E-state index is 0.150. The van der Waals surface area contributed by atoms with Crippen LogP contribution < -0.4 is 0 Å². The number of hydrogen-bond acceptors (Lipinski definition) is 3. The fourth-order valence-electron chi connectivity index (χ4n) is 1.96. The molecule has 0 aromatic carbocycles. The van der Waals surface area contributed by atoms with E-state index in [9.17, 15) is 4.79 Å². The van der Waals surface area contributed by atoms with Crippen molar-refractivity contribution in [2.75, 3.05) is 20.6 Å². The standard InChI is InChI=1S/C9H16N2O/c1-11(2)9(7-10-8-12)5-3-4-6-9/h3-7H2,1-2H3. The van der Waals surface area contributed by atoms with Crippen LogP contribution in [0.2, 0.25) is 0 Å². The van der Waals surface area contributed by atoms with Gasteiger partial charge in [-0.3, -0.25) is 0 Å². The van der Waals surface area contributed by atoms with E-state index in [0.717, 1.165) is 12.8 Å². The molecule has 0 aliphatic heterocycles. The van der Waals surface area contributed by atoms with E-state index in [1.54, 1.807) is 6.08 Å². The summed E-state index contributed by atoms with van der Waals surface area (Å²) in [5.41, 5.74) is 0.150. The summed E-state index contributed by atoms with van der Waals surface area (Å²) < 4.78 is 0. The fraction of sp³-hybridized carbons (Fsp3) is 0.889. The summed E-state index contributed by atoms with van der Waals surface area (Å²) >= 11 is 0. The molecule has 0 radical (unpaired) electrons. The average molecular weight is 168 g/mol. The number of likely N-dealkylation sites (N-methyl/N-ethyl adjacent to an activating group) is 1. The van der Waals surface area contributed by atoms with Crippen LogP contribution in [-0.4, -0.2) is 37.2 Å². The van der Waals surface area contributed by atoms with Gasteiger partial charge in [-0.2, -0.15) is 0 Å². The maximum atomic E-state index is 10.0. The highest BCUT2D eigenvalue weighted by atomic mass is 16.1. The van der Waals surface area contributed by atoms with Gasteiger partial charge in [0.1, 0.15) is 0 Å². The lowest BCUT2D eigenvalue weighted by Gasteiger charge is -2.34. The smallest absolute Gasteiger partial charge is 0.235 e. The minimum atomic E-state index is 0.150. The summed E-state index contributed by atoms with van der Waals surface area (Å²) in [7, 11) is 4.12. The Kier molecular flexibility index (Phi) is 3.01. The van der Waals surface area contributed by atoms with Crippen molar-refractivity contribution in [3.63, 3.8) is 0 Å². The highest BCUT2D eigenvalue weighted by molar-refractivity contribution is 5.33. The average Bonchev–Trinajstić information content (AvgIpc) is 2.50. The molecule has 3 heteroatoms. The molecular formula is C9H16N2O. The van der Waals surface area contributed by atoms with E-state index in [1.807, 2.05) is 0 Å². The van der Waals surface area contributed by atoms with Gasteiger partial charge in [0, 0.05) is 5.54 Å². The van der Waals surface area contributed by atoms with Gasteiger partial charge in [-0.05, 0) is 26.9 Å². The van der Waals surface area contributed by atoms with Crippen molar-refractivity contribution in [2.24, 2.45) is 4.99 Å². The molecular weight excluding hydrogens is 152 g/mol. The molecule has 1 fully saturated rings. The Morgan fingerprint density at radius 2 is 2.00 bits per heavy atom. The molecule has 0 bridgehead atoms. The maximum absolute atomic E-state index is 10.0. The lowest BCUT2D eigenvalue weighted by molar-refractivity contribution is 0.167. The van der Waals surface area contributed by atoms with Gasteiger partial charge in [0.15, 0.2) is 0 Å². The molecule has 3 nitrogen and oxygen atoms in total. The van der Waals surface area contributed by atoms with Crippen molar-refractivity contribution in [3.8, 4) is 0 Å². The third kappa shape index (κ3) is 1.74. The van der Waals surface area contributed by atoms with E-state index in [0.29, 0.717) is 6.54 Å². The van der Waals surface area contributed by atoms with Gasteiger partial charge in [0.2, 0.25) is 6.08 Å². The zero-order valence-corrected chi connectivity index (χ0v) is 7.84. The Labute approximate surface area is 73.5 Å². The van der Waals surface area contributed by atoms with Crippen LogP contribution in [0.25, 0.3) is 0 Å². The largest absolute Gasteiger partial charge is 0.302 e. The van der Waals surface area contributed by atoms with Crippen molar-refractivity contribution in [2.45, 2.75) is 31.2 Å². The summed E-state index contributed by atoms with van der Waals surface area (Å²) in [5, 5.41) is 0. The second kappa shape index (κ2) is 3.83. The second-order valence-corrected chi connectivity index (χ2v) is 3.73. The first-order valence-corrected chi connectivity index (χ1v) is 4.42. The first-order chi connectivity index (χ1) is 5.71. The molecule has 0 N–H and O–H groups in total. The SMILES string of the molecule is CN(C)C1(CN=C=O)CCCC1. The Bertz CT molecular complexity index is 189. The summed E-state index contributed by atoms with van der Waals surface area (Å²) in [6.07, 6.45) is 6.45. The van der Waals surface area contributed by atoms with Crippen LogP contribution >= 0.6 is 0 Å². The summed E-state index contributed by atoms with van der Waals surface area (Å²) in [6, 6.07) is 0. The summed E-state index contributed by atoms with van der Waals surface area (Å²) in [6.45, 7) is 0.615. The Morgan fingerprint density at radius 3 is 2.42 bits per heavy atom. The van der Waals surface area contributed by atoms with Crippen molar-refractivity contribution < 1.29 is 4.79 Å². The van der Waals surface area contributed by atoms with E-state index >= 15 is 0 Å². The minimum Gasteiger partial charge on any atom is -0.302 e. The van der Waals surface area contributed by atoms with Crippen LogP contribution in [0.15, 0.2) is 4.99 Å². The van der Waals surface area contributed by atoms with E-state index < -0.39 is 0 Å². The Balaban J connectivity index is 2.64. The van der Waals surface area contributed by atoms with Crippen LogP contribution in [0.5, 0.6) is 0 Å². The molecule has 0 saturated heterocycles. The van der Waals surface area contributed by atoms with Crippen molar-refractivity contribution in [3.05, 3.63) is 0 Å². The Hall–Kier alpha value is -0.660. The molecule has 0 amide bonds. The van der Waals surface area contributed by atoms with E-state index in [1.165, 1.54) is 12.8 Å². The van der Waals surface area contributed by atoms with Crippen molar-refractivity contribution in [1.82, 2.24) is 4.90 Å². The van der Waals surface area contributed by atoms with Gasteiger partial charge < -0.3 is 4.90 Å². The summed E-state index contributed by atoms with van der Waals surface area (Å²) in [4.78, 5) is 15.9. The number of carbonyl (C=O) groups excluding carboxylic acids is 1. The van der Waals surface area contributed by atoms with Crippen LogP contribution in [0.4, 0.5) is 0 Å². The monoisotopic (exact) mass is 168 g/mol. The van der Waals surface area contributed by atoms with Gasteiger partial charge in [0.05, 0.1) is 6.54 Å². The predicted octanol–water partition coefficient (Wildman–Crippen LogP) is 1.20. The first-order valence-electron chi connectivity index (χ1n) is 4.42. The molecule has 0 spiro atoms. The lowest BCUT2D eigenvalue weighted by atomic mass is 9.96. The zero-order valence-electron chi connectivity index (χ0n) is 7.84. The van der Waals surface area contributed by atoms with Crippen molar-refractivity contribution >= 4 is 6.08 Å². The normalized spacial score (nSPS) is 20.9. The molecule has 68 valence electrons. The van der Waals surface area contributed by atoms with Crippen LogP contribution in [0.3, 0.4) is 0 Å². The zero-order chi connectivity index (χ0) is 9.03. The lowest BCUT2D eigenvalue weighted by Crippen LogP contribution is -2.44. The second-order valence-electron chi connectivity index (χ2n) is 3.73. The third-order valence-electron chi connectivity index (χ3n) is 2.92. The molecule has 1 saturated carbocycles. The molecule has 1 aliphatic rings. The number of nitrogens with zero attached hydrogens (tertiary/aromatic N) is 2. The van der Waals surface area contributed by atoms with Gasteiger partial charge in [-0.25, -0.2) is 9.79 Å². The van der Waals surface area contributed by atoms with Crippen LogP contribution in [0.1, 0.15) is 25.7 Å². The molecule has 0 unspecified atom stereocenters. The van der Waals surface area contributed by atoms with E-state index in [-0.39, 0.29) is 5.54 Å². The molecule has 12 heavy (non-hydrogen) atoms. The van der Waals surface area contributed by atoms with Gasteiger partial charge in [-0.15, -0.1) is 0 Å². The van der Waals surface area contributed by atoms with E-state index in [4.69, 9.17) is 0 Å². The highest BCUT2D eigenvalue weighted by Crippen LogP contribution is 2.33. The van der Waals surface area contributed by atoms with Crippen LogP contribution in [0, 0.1) is 0 Å². The number of isocyanates is 1. The molecule has 0 aromatic rings. The topological polar surface area (TPSA) is 32.7 Å². The van der Waals surface area contributed by atoms with E-state index in [2.05, 4.69) is 24.0 Å².